The lowest BCUT2D eigenvalue weighted by molar-refractivity contribution is -0.0217. The molecule has 0 aliphatic carbocycles. The maximum Gasteiger partial charge on any atom is 0.145 e. The van der Waals surface area contributed by atoms with Crippen molar-refractivity contribution in [1.82, 2.24) is 14.5 Å². The molecule has 3 aromatic rings. The van der Waals surface area contributed by atoms with Crippen molar-refractivity contribution in [2.75, 3.05) is 13.2 Å². The van der Waals surface area contributed by atoms with Crippen LogP contribution in [0.15, 0.2) is 42.9 Å². The molecule has 6 heteroatoms. The quantitative estimate of drug-likeness (QED) is 0.691. The average Bonchev–Trinajstić information content (AvgIpc) is 2.90. The van der Waals surface area contributed by atoms with Gasteiger partial charge in [0.2, 0.25) is 0 Å². The molecule has 0 spiro atoms. The fraction of sp³-hybridized carbons (Fsp3) is 0.294. The number of fused-ring (bicyclic) bond motifs is 1. The van der Waals surface area contributed by atoms with Gasteiger partial charge in [-0.2, -0.15) is 0 Å². The molecule has 3 heterocycles. The van der Waals surface area contributed by atoms with Gasteiger partial charge in [0.1, 0.15) is 25.2 Å². The highest BCUT2D eigenvalue weighted by atomic mass is 16.5. The Balaban J connectivity index is 1.74. The molecular weight excluding hydrogens is 289 g/mol. The van der Waals surface area contributed by atoms with Crippen molar-refractivity contribution < 1.29 is 9.47 Å². The molecule has 1 aliphatic rings. The second-order valence-corrected chi connectivity index (χ2v) is 5.74. The van der Waals surface area contributed by atoms with E-state index in [1.807, 2.05) is 43.6 Å². The summed E-state index contributed by atoms with van der Waals surface area (Å²) in [6.07, 6.45) is 3.41. The Bertz CT molecular complexity index is 830. The van der Waals surface area contributed by atoms with Gasteiger partial charge in [-0.15, -0.1) is 0 Å². The summed E-state index contributed by atoms with van der Waals surface area (Å²) in [7, 11) is 6.00. The summed E-state index contributed by atoms with van der Waals surface area (Å²) in [5.41, 5.74) is 3.30. The summed E-state index contributed by atoms with van der Waals surface area (Å²) < 4.78 is 13.6. The molecule has 114 valence electrons. The normalized spacial score (nSPS) is 16.2. The van der Waals surface area contributed by atoms with Crippen LogP contribution in [0.4, 0.5) is 0 Å². The van der Waals surface area contributed by atoms with Gasteiger partial charge in [0.05, 0.1) is 36.8 Å². The molecule has 2 aromatic heterocycles. The van der Waals surface area contributed by atoms with Gasteiger partial charge in [-0.05, 0) is 31.2 Å². The minimum absolute atomic E-state index is 0.179. The number of hydrogen-bond acceptors (Lipinski definition) is 4. The summed E-state index contributed by atoms with van der Waals surface area (Å²) in [6, 6.07) is 9.80. The molecule has 1 atom stereocenters. The van der Waals surface area contributed by atoms with E-state index in [-0.39, 0.29) is 6.10 Å². The number of hydrogen-bond donors (Lipinski definition) is 0. The first-order valence-corrected chi connectivity index (χ1v) is 7.64. The first-order valence-electron chi connectivity index (χ1n) is 7.64. The fourth-order valence-electron chi connectivity index (χ4n) is 2.77. The maximum absolute atomic E-state index is 6.17. The number of nitrogens with zero attached hydrogens (tertiary/aromatic N) is 3. The van der Waals surface area contributed by atoms with Gasteiger partial charge in [-0.1, -0.05) is 11.5 Å². The molecule has 0 saturated carbocycles. The number of pyridine rings is 1. The molecular formula is C17H16BN3O2. The van der Waals surface area contributed by atoms with Crippen LogP contribution >= 0.6 is 0 Å². The molecule has 0 amide bonds. The summed E-state index contributed by atoms with van der Waals surface area (Å²) >= 11 is 0. The van der Waals surface area contributed by atoms with Gasteiger partial charge < -0.3 is 14.0 Å². The van der Waals surface area contributed by atoms with E-state index in [2.05, 4.69) is 14.5 Å². The van der Waals surface area contributed by atoms with E-state index in [1.54, 1.807) is 6.20 Å². The molecule has 0 N–H and O–H groups in total. The molecule has 1 aliphatic heterocycles. The number of ether oxygens (including phenoxy) is 2. The molecule has 23 heavy (non-hydrogen) atoms. The third-order valence-corrected chi connectivity index (χ3v) is 4.08. The van der Waals surface area contributed by atoms with E-state index in [0.717, 1.165) is 22.5 Å². The lowest BCUT2D eigenvalue weighted by atomic mass is 9.95. The van der Waals surface area contributed by atoms with E-state index >= 15 is 0 Å². The van der Waals surface area contributed by atoms with Crippen LogP contribution in [0, 0.1) is 0 Å². The van der Waals surface area contributed by atoms with E-state index < -0.39 is 0 Å². The topological polar surface area (TPSA) is 49.2 Å². The predicted molar refractivity (Wildman–Crippen MR) is 88.3 cm³/mol. The number of aromatic nitrogens is 3. The van der Waals surface area contributed by atoms with Crippen molar-refractivity contribution in [3.05, 3.63) is 48.5 Å². The predicted octanol–water partition coefficient (Wildman–Crippen LogP) is 1.94. The largest absolute Gasteiger partial charge is 0.482 e. The molecule has 1 unspecified atom stereocenters. The Hall–Kier alpha value is -2.34. The molecule has 4 rings (SSSR count). The number of imidazole rings is 1. The highest BCUT2D eigenvalue weighted by molar-refractivity contribution is 6.33. The minimum atomic E-state index is -0.179. The van der Waals surface area contributed by atoms with Gasteiger partial charge in [0.25, 0.3) is 0 Å². The van der Waals surface area contributed by atoms with Crippen LogP contribution in [0.2, 0.25) is 0 Å². The highest BCUT2D eigenvalue weighted by Crippen LogP contribution is 2.31. The van der Waals surface area contributed by atoms with Gasteiger partial charge in [-0.25, -0.2) is 4.98 Å². The van der Waals surface area contributed by atoms with E-state index in [1.165, 1.54) is 0 Å². The third-order valence-electron chi connectivity index (χ3n) is 4.08. The molecule has 1 fully saturated rings. The Morgan fingerprint density at radius 3 is 2.87 bits per heavy atom. The number of benzene rings is 1. The summed E-state index contributed by atoms with van der Waals surface area (Å²) in [5.74, 6) is 0.725. The van der Waals surface area contributed by atoms with Crippen LogP contribution in [0.1, 0.15) is 24.8 Å². The third kappa shape index (κ3) is 2.59. The fourth-order valence-corrected chi connectivity index (χ4v) is 2.77. The Labute approximate surface area is 135 Å². The van der Waals surface area contributed by atoms with Crippen molar-refractivity contribution in [3.63, 3.8) is 0 Å². The van der Waals surface area contributed by atoms with Gasteiger partial charge >= 0.3 is 0 Å². The number of rotatable bonds is 4. The molecule has 0 bridgehead atoms. The monoisotopic (exact) mass is 305 g/mol. The maximum atomic E-state index is 6.17. The van der Waals surface area contributed by atoms with E-state index in [0.29, 0.717) is 24.7 Å². The molecule has 5 nitrogen and oxygen atoms in total. The van der Waals surface area contributed by atoms with Crippen molar-refractivity contribution >= 4 is 24.3 Å². The SMILES string of the molecule is [B]c1cc(OC(C)c2ccccn2)c2c(c1)ncn2C1COC1. The second kappa shape index (κ2) is 5.70. The van der Waals surface area contributed by atoms with Crippen molar-refractivity contribution in [1.29, 1.82) is 0 Å². The Kier molecular flexibility index (Phi) is 3.54. The zero-order chi connectivity index (χ0) is 15.8. The zero-order valence-electron chi connectivity index (χ0n) is 12.8. The Morgan fingerprint density at radius 2 is 2.17 bits per heavy atom. The van der Waals surface area contributed by atoms with Gasteiger partial charge in [-0.3, -0.25) is 4.98 Å². The lowest BCUT2D eigenvalue weighted by Crippen LogP contribution is -2.30. The van der Waals surface area contributed by atoms with Crippen LogP contribution < -0.4 is 10.2 Å². The first kappa shape index (κ1) is 14.3. The summed E-state index contributed by atoms with van der Waals surface area (Å²) in [6.45, 7) is 3.38. The standard InChI is InChI=1S/C17H16BN3O2/c1-11(14-4-2-3-5-19-14)23-16-7-12(18)6-15-17(16)21(10-20-15)13-8-22-9-13/h2-7,10-11,13H,8-9H2,1H3. The first-order chi connectivity index (χ1) is 11.2. The lowest BCUT2D eigenvalue weighted by Gasteiger charge is -2.28. The van der Waals surface area contributed by atoms with Crippen LogP contribution in [-0.2, 0) is 4.74 Å². The second-order valence-electron chi connectivity index (χ2n) is 5.74. The van der Waals surface area contributed by atoms with Crippen molar-refractivity contribution in [3.8, 4) is 5.75 Å². The van der Waals surface area contributed by atoms with E-state index in [9.17, 15) is 0 Å². The van der Waals surface area contributed by atoms with Crippen molar-refractivity contribution in [2.24, 2.45) is 0 Å². The van der Waals surface area contributed by atoms with Crippen molar-refractivity contribution in [2.45, 2.75) is 19.1 Å². The average molecular weight is 305 g/mol. The van der Waals surface area contributed by atoms with Crippen LogP contribution in [0.3, 0.4) is 0 Å². The zero-order valence-corrected chi connectivity index (χ0v) is 12.8. The molecule has 1 saturated heterocycles. The van der Waals surface area contributed by atoms with Crippen LogP contribution in [-0.4, -0.2) is 35.6 Å². The smallest absolute Gasteiger partial charge is 0.145 e. The minimum Gasteiger partial charge on any atom is -0.482 e. The molecule has 1 aromatic carbocycles. The van der Waals surface area contributed by atoms with Gasteiger partial charge in [0, 0.05) is 6.20 Å². The van der Waals surface area contributed by atoms with E-state index in [4.69, 9.17) is 17.3 Å². The summed E-state index contributed by atoms with van der Waals surface area (Å²) in [4.78, 5) is 8.81. The highest BCUT2D eigenvalue weighted by Gasteiger charge is 2.24. The van der Waals surface area contributed by atoms with Crippen LogP contribution in [0.25, 0.3) is 11.0 Å². The van der Waals surface area contributed by atoms with Gasteiger partial charge in [0.15, 0.2) is 0 Å². The Morgan fingerprint density at radius 1 is 1.30 bits per heavy atom. The summed E-state index contributed by atoms with van der Waals surface area (Å²) in [5, 5.41) is 0. The molecule has 2 radical (unpaired) electrons. The van der Waals surface area contributed by atoms with Crippen LogP contribution in [0.5, 0.6) is 5.75 Å².